The highest BCUT2D eigenvalue weighted by molar-refractivity contribution is 6.02. The molecule has 7 heteroatoms. The first-order valence-electron chi connectivity index (χ1n) is 8.00. The number of amides is 2. The quantitative estimate of drug-likeness (QED) is 0.837. The van der Waals surface area contributed by atoms with E-state index in [1.54, 1.807) is 12.1 Å². The predicted octanol–water partition coefficient (Wildman–Crippen LogP) is 2.21. The predicted molar refractivity (Wildman–Crippen MR) is 92.0 cm³/mol. The maximum atomic E-state index is 11.6. The smallest absolute Gasteiger partial charge is 0.407 e. The van der Waals surface area contributed by atoms with Crippen LogP contribution in [0.15, 0.2) is 30.3 Å². The van der Waals surface area contributed by atoms with Gasteiger partial charge in [-0.3, -0.25) is 4.79 Å². The van der Waals surface area contributed by atoms with Crippen molar-refractivity contribution in [2.24, 2.45) is 5.73 Å². The molecule has 1 fully saturated rings. The van der Waals surface area contributed by atoms with Crippen molar-refractivity contribution in [1.29, 1.82) is 0 Å². The van der Waals surface area contributed by atoms with E-state index in [2.05, 4.69) is 5.32 Å². The molecule has 0 unspecified atom stereocenters. The Bertz CT molecular complexity index is 820. The van der Waals surface area contributed by atoms with E-state index in [-0.39, 0.29) is 12.1 Å². The third kappa shape index (κ3) is 3.45. The standard InChI is InChI=1S/C18H20N2O5/c1-10-14(20-18(22)25-10)6-7-24-15-5-3-4-11-8-13(17(19)21)16(23-2)9-12(11)15/h3-5,8-10,14H,6-7H2,1-2H3,(H2,19,21)(H,20,22)/t10-,14+/m0/s1. The SMILES string of the molecule is COc1cc2c(OCC[C@H]3NC(=O)O[C@H]3C)cccc2cc1C(N)=O. The van der Waals surface area contributed by atoms with E-state index >= 15 is 0 Å². The zero-order valence-corrected chi connectivity index (χ0v) is 14.1. The van der Waals surface area contributed by atoms with Crippen LogP contribution >= 0.6 is 0 Å². The fourth-order valence-corrected chi connectivity index (χ4v) is 2.92. The number of alkyl carbamates (subject to hydrolysis) is 1. The molecule has 0 bridgehead atoms. The molecule has 2 amide bonds. The Morgan fingerprint density at radius 1 is 1.32 bits per heavy atom. The Morgan fingerprint density at radius 2 is 2.12 bits per heavy atom. The van der Waals surface area contributed by atoms with Gasteiger partial charge in [0.1, 0.15) is 17.6 Å². The second-order valence-corrected chi connectivity index (χ2v) is 5.89. The molecular weight excluding hydrogens is 324 g/mol. The summed E-state index contributed by atoms with van der Waals surface area (Å²) in [6, 6.07) is 8.93. The zero-order valence-electron chi connectivity index (χ0n) is 14.1. The van der Waals surface area contributed by atoms with Gasteiger partial charge in [-0.2, -0.15) is 0 Å². The summed E-state index contributed by atoms with van der Waals surface area (Å²) in [7, 11) is 1.49. The zero-order chi connectivity index (χ0) is 18.0. The number of ether oxygens (including phenoxy) is 3. The van der Waals surface area contributed by atoms with Crippen molar-refractivity contribution in [3.05, 3.63) is 35.9 Å². The lowest BCUT2D eigenvalue weighted by Gasteiger charge is -2.15. The largest absolute Gasteiger partial charge is 0.496 e. The summed E-state index contributed by atoms with van der Waals surface area (Å²) >= 11 is 0. The van der Waals surface area contributed by atoms with Crippen LogP contribution in [0.3, 0.4) is 0 Å². The molecule has 25 heavy (non-hydrogen) atoms. The third-order valence-electron chi connectivity index (χ3n) is 4.28. The molecule has 0 radical (unpaired) electrons. The van der Waals surface area contributed by atoms with Crippen LogP contribution < -0.4 is 20.5 Å². The number of benzene rings is 2. The lowest BCUT2D eigenvalue weighted by molar-refractivity contribution is 0.0997. The molecule has 1 saturated heterocycles. The van der Waals surface area contributed by atoms with Crippen LogP contribution in [0.25, 0.3) is 10.8 Å². The third-order valence-corrected chi connectivity index (χ3v) is 4.28. The molecule has 2 atom stereocenters. The lowest BCUT2D eigenvalue weighted by atomic mass is 10.0. The van der Waals surface area contributed by atoms with E-state index in [9.17, 15) is 9.59 Å². The van der Waals surface area contributed by atoms with Crippen molar-refractivity contribution >= 4 is 22.8 Å². The van der Waals surface area contributed by atoms with Gasteiger partial charge in [0.05, 0.1) is 25.3 Å². The number of methoxy groups -OCH3 is 1. The number of fused-ring (bicyclic) bond motifs is 1. The summed E-state index contributed by atoms with van der Waals surface area (Å²) in [5.41, 5.74) is 5.72. The van der Waals surface area contributed by atoms with E-state index in [4.69, 9.17) is 19.9 Å². The Labute approximate surface area is 145 Å². The molecule has 1 heterocycles. The minimum atomic E-state index is -0.545. The first-order valence-corrected chi connectivity index (χ1v) is 8.00. The summed E-state index contributed by atoms with van der Waals surface area (Å²) in [6.45, 7) is 2.26. The van der Waals surface area contributed by atoms with Crippen molar-refractivity contribution in [1.82, 2.24) is 5.32 Å². The van der Waals surface area contributed by atoms with Gasteiger partial charge in [-0.15, -0.1) is 0 Å². The monoisotopic (exact) mass is 344 g/mol. The van der Waals surface area contributed by atoms with E-state index in [1.165, 1.54) is 7.11 Å². The fraction of sp³-hybridized carbons (Fsp3) is 0.333. The van der Waals surface area contributed by atoms with Crippen LogP contribution in [0.2, 0.25) is 0 Å². The second kappa shape index (κ2) is 6.88. The highest BCUT2D eigenvalue weighted by Crippen LogP contribution is 2.32. The number of hydrogen-bond acceptors (Lipinski definition) is 5. The van der Waals surface area contributed by atoms with Crippen LogP contribution in [0.5, 0.6) is 11.5 Å². The van der Waals surface area contributed by atoms with Crippen LogP contribution in [-0.2, 0) is 4.74 Å². The maximum absolute atomic E-state index is 11.6. The molecule has 7 nitrogen and oxygen atoms in total. The van der Waals surface area contributed by atoms with E-state index in [1.807, 2.05) is 25.1 Å². The first-order chi connectivity index (χ1) is 12.0. The average Bonchev–Trinajstić information content (AvgIpc) is 2.91. The van der Waals surface area contributed by atoms with Crippen molar-refractivity contribution in [2.45, 2.75) is 25.5 Å². The molecule has 3 rings (SSSR count). The summed E-state index contributed by atoms with van der Waals surface area (Å²) in [4.78, 5) is 22.8. The Hall–Kier alpha value is -2.96. The molecule has 2 aromatic rings. The summed E-state index contributed by atoms with van der Waals surface area (Å²) in [6.07, 6.45) is 0.0491. The van der Waals surface area contributed by atoms with Crippen molar-refractivity contribution in [3.63, 3.8) is 0 Å². The molecule has 1 aliphatic heterocycles. The molecule has 0 aromatic heterocycles. The van der Waals surface area contributed by atoms with Crippen molar-refractivity contribution in [3.8, 4) is 11.5 Å². The molecule has 1 aliphatic rings. The number of hydrogen-bond donors (Lipinski definition) is 2. The van der Waals surface area contributed by atoms with Gasteiger partial charge in [0.25, 0.3) is 5.91 Å². The number of carbonyl (C=O) groups excluding carboxylic acids is 2. The molecule has 0 spiro atoms. The van der Waals surface area contributed by atoms with Gasteiger partial charge in [-0.25, -0.2) is 4.79 Å². The highest BCUT2D eigenvalue weighted by atomic mass is 16.6. The van der Waals surface area contributed by atoms with Gasteiger partial charge in [-0.1, -0.05) is 12.1 Å². The topological polar surface area (TPSA) is 99.9 Å². The molecular formula is C18H20N2O5. The number of primary amides is 1. The Balaban J connectivity index is 1.79. The van der Waals surface area contributed by atoms with Crippen LogP contribution in [-0.4, -0.2) is 37.9 Å². The number of cyclic esters (lactones) is 1. The number of rotatable bonds is 6. The van der Waals surface area contributed by atoms with E-state index < -0.39 is 12.0 Å². The van der Waals surface area contributed by atoms with Crippen molar-refractivity contribution in [2.75, 3.05) is 13.7 Å². The Morgan fingerprint density at radius 3 is 2.76 bits per heavy atom. The first kappa shape index (κ1) is 16.9. The molecule has 132 valence electrons. The average molecular weight is 344 g/mol. The second-order valence-electron chi connectivity index (χ2n) is 5.89. The number of nitrogens with two attached hydrogens (primary N) is 1. The minimum absolute atomic E-state index is 0.0709. The summed E-state index contributed by atoms with van der Waals surface area (Å²) in [5.74, 6) is 0.530. The maximum Gasteiger partial charge on any atom is 0.407 e. The number of carbonyl (C=O) groups is 2. The summed E-state index contributed by atoms with van der Waals surface area (Å²) in [5, 5.41) is 4.41. The van der Waals surface area contributed by atoms with Crippen LogP contribution in [0, 0.1) is 0 Å². The molecule has 0 aliphatic carbocycles. The molecule has 0 saturated carbocycles. The number of nitrogens with one attached hydrogen (secondary N) is 1. The van der Waals surface area contributed by atoms with Crippen molar-refractivity contribution < 1.29 is 23.8 Å². The van der Waals surface area contributed by atoms with Gasteiger partial charge in [0.2, 0.25) is 0 Å². The normalized spacial score (nSPS) is 19.4. The van der Waals surface area contributed by atoms with Gasteiger partial charge in [-0.05, 0) is 30.5 Å². The minimum Gasteiger partial charge on any atom is -0.496 e. The highest BCUT2D eigenvalue weighted by Gasteiger charge is 2.29. The van der Waals surface area contributed by atoms with E-state index in [0.717, 1.165) is 10.8 Å². The lowest BCUT2D eigenvalue weighted by Crippen LogP contribution is -2.31. The molecule has 2 aromatic carbocycles. The fourth-order valence-electron chi connectivity index (χ4n) is 2.92. The van der Waals surface area contributed by atoms with Gasteiger partial charge >= 0.3 is 6.09 Å². The van der Waals surface area contributed by atoms with Crippen LogP contribution in [0.4, 0.5) is 4.79 Å². The molecule has 3 N–H and O–H groups in total. The summed E-state index contributed by atoms with van der Waals surface area (Å²) < 4.78 is 16.2. The Kier molecular flexibility index (Phi) is 4.65. The van der Waals surface area contributed by atoms with Gasteiger partial charge in [0.15, 0.2) is 0 Å². The van der Waals surface area contributed by atoms with Gasteiger partial charge < -0.3 is 25.3 Å². The van der Waals surface area contributed by atoms with Crippen LogP contribution in [0.1, 0.15) is 23.7 Å². The van der Waals surface area contributed by atoms with E-state index in [0.29, 0.717) is 30.1 Å². The van der Waals surface area contributed by atoms with Gasteiger partial charge in [0, 0.05) is 11.8 Å².